The first kappa shape index (κ1) is 24.3. The van der Waals surface area contributed by atoms with Crippen molar-refractivity contribution in [1.29, 1.82) is 0 Å². The van der Waals surface area contributed by atoms with Gasteiger partial charge in [0.05, 0.1) is 6.61 Å². The van der Waals surface area contributed by atoms with Crippen molar-refractivity contribution in [3.05, 3.63) is 35.9 Å². The second kappa shape index (κ2) is 11.4. The third-order valence-corrected chi connectivity index (χ3v) is 4.21. The predicted molar refractivity (Wildman–Crippen MR) is 103 cm³/mol. The number of hydrogen-bond acceptors (Lipinski definition) is 10. The molecule has 10 heteroatoms. The molecule has 2 rings (SSSR count). The van der Waals surface area contributed by atoms with Crippen LogP contribution in [0.3, 0.4) is 0 Å². The highest BCUT2D eigenvalue weighted by Gasteiger charge is 2.52. The molecular formula is C21H26O10. The molecule has 1 aromatic rings. The summed E-state index contributed by atoms with van der Waals surface area (Å²) in [6, 6.07) is 9.12. The van der Waals surface area contributed by atoms with E-state index in [9.17, 15) is 19.2 Å². The van der Waals surface area contributed by atoms with E-state index in [1.54, 1.807) is 0 Å². The Kier molecular flexibility index (Phi) is 8.95. The van der Waals surface area contributed by atoms with Crippen LogP contribution in [-0.2, 0) is 54.2 Å². The Balaban J connectivity index is 2.38. The van der Waals surface area contributed by atoms with E-state index in [0.717, 1.165) is 12.5 Å². The minimum atomic E-state index is -1.37. The molecule has 1 aromatic carbocycles. The first-order valence-electron chi connectivity index (χ1n) is 9.63. The molecule has 0 aromatic heterocycles. The summed E-state index contributed by atoms with van der Waals surface area (Å²) in [5.74, 6) is -2.61. The van der Waals surface area contributed by atoms with E-state index in [-0.39, 0.29) is 13.2 Å². The minimum Gasteiger partial charge on any atom is -0.463 e. The molecule has 31 heavy (non-hydrogen) atoms. The number of carbonyl (C=O) groups is 4. The van der Waals surface area contributed by atoms with E-state index in [2.05, 4.69) is 0 Å². The fourth-order valence-corrected chi connectivity index (χ4v) is 3.08. The molecule has 1 aliphatic rings. The lowest BCUT2D eigenvalue weighted by Gasteiger charge is -2.44. The van der Waals surface area contributed by atoms with Gasteiger partial charge < -0.3 is 28.4 Å². The van der Waals surface area contributed by atoms with Gasteiger partial charge in [-0.05, 0) is 5.56 Å². The largest absolute Gasteiger partial charge is 0.463 e. The fraction of sp³-hybridized carbons (Fsp3) is 0.524. The number of ether oxygens (including phenoxy) is 6. The van der Waals surface area contributed by atoms with Crippen molar-refractivity contribution in [2.75, 3.05) is 6.61 Å². The maximum atomic E-state index is 11.8. The van der Waals surface area contributed by atoms with E-state index in [0.29, 0.717) is 0 Å². The van der Waals surface area contributed by atoms with Gasteiger partial charge >= 0.3 is 23.9 Å². The van der Waals surface area contributed by atoms with Gasteiger partial charge in [0.2, 0.25) is 6.29 Å². The molecule has 0 radical (unpaired) electrons. The molecule has 1 unspecified atom stereocenters. The van der Waals surface area contributed by atoms with Crippen molar-refractivity contribution in [2.45, 2.75) is 65.0 Å². The van der Waals surface area contributed by atoms with Crippen molar-refractivity contribution >= 4 is 23.9 Å². The summed E-state index contributed by atoms with van der Waals surface area (Å²) in [4.78, 5) is 46.4. The molecule has 1 aliphatic heterocycles. The molecule has 0 bridgehead atoms. The van der Waals surface area contributed by atoms with Crippen LogP contribution < -0.4 is 0 Å². The molecule has 1 heterocycles. The Morgan fingerprint density at radius 3 is 1.90 bits per heavy atom. The van der Waals surface area contributed by atoms with Crippen LogP contribution in [0, 0.1) is 0 Å². The van der Waals surface area contributed by atoms with E-state index in [1.807, 2.05) is 30.3 Å². The lowest BCUT2D eigenvalue weighted by molar-refractivity contribution is -0.305. The summed E-state index contributed by atoms with van der Waals surface area (Å²) < 4.78 is 32.6. The number of carbonyl (C=O) groups excluding carboxylic acids is 4. The fourth-order valence-electron chi connectivity index (χ4n) is 3.08. The van der Waals surface area contributed by atoms with Crippen molar-refractivity contribution < 1.29 is 47.6 Å². The molecule has 0 saturated carbocycles. The van der Waals surface area contributed by atoms with Crippen LogP contribution in [0.4, 0.5) is 0 Å². The van der Waals surface area contributed by atoms with Gasteiger partial charge in [0.25, 0.3) is 0 Å². The standard InChI is InChI=1S/C21H26O10/c1-12(22)26-11-17-18(28-13(2)23)19(27-10-16-8-6-5-7-9-16)20(29-14(3)24)21(31-17)30-15(4)25/h5-9,17-21H,10-11H2,1-4H3/t17-,18+,19-,20+,21?/m0/s1. The summed E-state index contributed by atoms with van der Waals surface area (Å²) >= 11 is 0. The highest BCUT2D eigenvalue weighted by molar-refractivity contribution is 5.68. The topological polar surface area (TPSA) is 124 Å². The molecule has 0 aliphatic carbocycles. The van der Waals surface area contributed by atoms with Crippen molar-refractivity contribution in [2.24, 2.45) is 0 Å². The first-order valence-corrected chi connectivity index (χ1v) is 9.63. The lowest BCUT2D eigenvalue weighted by Crippen LogP contribution is -2.62. The van der Waals surface area contributed by atoms with Crippen molar-refractivity contribution in [3.63, 3.8) is 0 Å². The van der Waals surface area contributed by atoms with E-state index >= 15 is 0 Å². The van der Waals surface area contributed by atoms with Crippen molar-refractivity contribution in [1.82, 2.24) is 0 Å². The number of hydrogen-bond donors (Lipinski definition) is 0. The third-order valence-electron chi connectivity index (χ3n) is 4.21. The third kappa shape index (κ3) is 7.65. The molecule has 10 nitrogen and oxygen atoms in total. The van der Waals surface area contributed by atoms with Gasteiger partial charge in [-0.3, -0.25) is 19.2 Å². The zero-order chi connectivity index (χ0) is 23.0. The minimum absolute atomic E-state index is 0.0775. The highest BCUT2D eigenvalue weighted by atomic mass is 16.7. The van der Waals surface area contributed by atoms with Crippen molar-refractivity contribution in [3.8, 4) is 0 Å². The zero-order valence-corrected chi connectivity index (χ0v) is 17.8. The predicted octanol–water partition coefficient (Wildman–Crippen LogP) is 1.29. The van der Waals surface area contributed by atoms with Crippen LogP contribution in [0.15, 0.2) is 30.3 Å². The van der Waals surface area contributed by atoms with Gasteiger partial charge in [-0.1, -0.05) is 30.3 Å². The van der Waals surface area contributed by atoms with Crippen LogP contribution in [0.5, 0.6) is 0 Å². The molecule has 0 N–H and O–H groups in total. The van der Waals surface area contributed by atoms with E-state index < -0.39 is 54.6 Å². The quantitative estimate of drug-likeness (QED) is 0.433. The lowest BCUT2D eigenvalue weighted by atomic mass is 9.98. The summed E-state index contributed by atoms with van der Waals surface area (Å²) in [7, 11) is 0. The molecule has 0 amide bonds. The average Bonchev–Trinajstić information content (AvgIpc) is 2.67. The van der Waals surface area contributed by atoms with Gasteiger partial charge in [0, 0.05) is 27.7 Å². The molecule has 0 spiro atoms. The Labute approximate surface area is 179 Å². The first-order chi connectivity index (χ1) is 14.7. The van der Waals surface area contributed by atoms with E-state index in [4.69, 9.17) is 28.4 Å². The van der Waals surface area contributed by atoms with Crippen LogP contribution in [-0.4, -0.2) is 61.2 Å². The SMILES string of the molecule is CC(=O)OC[C@@H]1OC(OC(C)=O)[C@H](OC(C)=O)[C@@H](OCc2ccccc2)[C@@H]1OC(C)=O. The summed E-state index contributed by atoms with van der Waals surface area (Å²) in [5.41, 5.74) is 0.803. The monoisotopic (exact) mass is 438 g/mol. The van der Waals surface area contributed by atoms with Gasteiger partial charge in [-0.15, -0.1) is 0 Å². The van der Waals surface area contributed by atoms with Crippen LogP contribution in [0.2, 0.25) is 0 Å². The van der Waals surface area contributed by atoms with Gasteiger partial charge in [-0.25, -0.2) is 0 Å². The zero-order valence-electron chi connectivity index (χ0n) is 17.8. The Bertz CT molecular complexity index is 778. The summed E-state index contributed by atoms with van der Waals surface area (Å²) in [5, 5.41) is 0. The van der Waals surface area contributed by atoms with Crippen LogP contribution in [0.25, 0.3) is 0 Å². The maximum Gasteiger partial charge on any atom is 0.305 e. The Hall–Kier alpha value is -2.98. The average molecular weight is 438 g/mol. The number of esters is 4. The second-order valence-electron chi connectivity index (χ2n) is 6.86. The van der Waals surface area contributed by atoms with Gasteiger partial charge in [-0.2, -0.15) is 0 Å². The second-order valence-corrected chi connectivity index (χ2v) is 6.86. The highest BCUT2D eigenvalue weighted by Crippen LogP contribution is 2.30. The molecule has 1 fully saturated rings. The Morgan fingerprint density at radius 2 is 1.35 bits per heavy atom. The number of rotatable bonds is 8. The smallest absolute Gasteiger partial charge is 0.305 e. The van der Waals surface area contributed by atoms with Crippen LogP contribution in [0.1, 0.15) is 33.3 Å². The maximum absolute atomic E-state index is 11.8. The summed E-state index contributed by atoms with van der Waals surface area (Å²) in [6.45, 7) is 4.50. The van der Waals surface area contributed by atoms with E-state index in [1.165, 1.54) is 20.8 Å². The number of benzene rings is 1. The molecule has 170 valence electrons. The molecular weight excluding hydrogens is 412 g/mol. The molecule has 5 atom stereocenters. The van der Waals surface area contributed by atoms with Gasteiger partial charge in [0.15, 0.2) is 12.2 Å². The molecule has 1 saturated heterocycles. The van der Waals surface area contributed by atoms with Crippen LogP contribution >= 0.6 is 0 Å². The summed E-state index contributed by atoms with van der Waals surface area (Å²) in [6.07, 6.45) is -5.83. The Morgan fingerprint density at radius 1 is 0.774 bits per heavy atom. The van der Waals surface area contributed by atoms with Gasteiger partial charge in [0.1, 0.15) is 18.8 Å². The normalized spacial score (nSPS) is 25.2.